The van der Waals surface area contributed by atoms with E-state index in [1.165, 1.54) is 0 Å². The lowest BCUT2D eigenvalue weighted by atomic mass is 10.0. The van der Waals surface area contributed by atoms with E-state index in [0.717, 1.165) is 27.0 Å². The van der Waals surface area contributed by atoms with Gasteiger partial charge in [0.15, 0.2) is 0 Å². The Kier molecular flexibility index (Phi) is 3.40. The fourth-order valence-corrected chi connectivity index (χ4v) is 2.68. The van der Waals surface area contributed by atoms with Gasteiger partial charge >= 0.3 is 0 Å². The number of amides is 1. The van der Waals surface area contributed by atoms with E-state index < -0.39 is 0 Å². The zero-order valence-electron chi connectivity index (χ0n) is 11.0. The first kappa shape index (κ1) is 13.1. The molecule has 1 aromatic heterocycles. The number of benzene rings is 1. The quantitative estimate of drug-likeness (QED) is 0.735. The van der Waals surface area contributed by atoms with Crippen LogP contribution in [0.3, 0.4) is 0 Å². The molecule has 1 aliphatic rings. The Labute approximate surface area is 126 Å². The van der Waals surface area contributed by atoms with Crippen molar-refractivity contribution in [2.24, 2.45) is 0 Å². The van der Waals surface area contributed by atoms with Crippen molar-refractivity contribution in [3.05, 3.63) is 57.8 Å². The van der Waals surface area contributed by atoms with Crippen LogP contribution in [0.15, 0.2) is 41.0 Å². The molecule has 0 saturated carbocycles. The molecular weight excluding hydrogens is 316 g/mol. The van der Waals surface area contributed by atoms with Gasteiger partial charge in [0.25, 0.3) is 0 Å². The second kappa shape index (κ2) is 5.21. The summed E-state index contributed by atoms with van der Waals surface area (Å²) in [6, 6.07) is 9.91. The summed E-state index contributed by atoms with van der Waals surface area (Å²) in [5.41, 5.74) is 3.88. The third kappa shape index (κ3) is 2.39. The maximum absolute atomic E-state index is 12.0. The lowest BCUT2D eigenvalue weighted by molar-refractivity contribution is -0.116. The normalized spacial score (nSPS) is 13.2. The Bertz CT molecular complexity index is 709. The molecule has 0 aliphatic carbocycles. The van der Waals surface area contributed by atoms with Crippen LogP contribution in [0.4, 0.5) is 5.69 Å². The Hall–Kier alpha value is -1.94. The highest BCUT2D eigenvalue weighted by Gasteiger charge is 2.18. The molecule has 0 bridgehead atoms. The topological polar surface area (TPSA) is 33.2 Å². The summed E-state index contributed by atoms with van der Waals surface area (Å²) in [5.74, 6) is 0.0171. The molecule has 0 N–H and O–H groups in total. The second-order valence-corrected chi connectivity index (χ2v) is 5.60. The summed E-state index contributed by atoms with van der Waals surface area (Å²) >= 11 is 3.43. The number of nitrogens with zero attached hydrogens (tertiary/aromatic N) is 2. The van der Waals surface area contributed by atoms with Crippen molar-refractivity contribution in [1.29, 1.82) is 0 Å². The molecule has 0 radical (unpaired) electrons. The summed E-state index contributed by atoms with van der Waals surface area (Å²) in [6.07, 6.45) is 5.83. The van der Waals surface area contributed by atoms with Gasteiger partial charge in [-0.05, 0) is 39.2 Å². The zero-order chi connectivity index (χ0) is 14.1. The first-order valence-corrected chi connectivity index (χ1v) is 7.14. The molecule has 20 heavy (non-hydrogen) atoms. The molecule has 1 aliphatic heterocycles. The monoisotopic (exact) mass is 328 g/mol. The highest BCUT2D eigenvalue weighted by Crippen LogP contribution is 2.28. The van der Waals surface area contributed by atoms with Gasteiger partial charge in [-0.1, -0.05) is 30.4 Å². The van der Waals surface area contributed by atoms with E-state index in [9.17, 15) is 4.79 Å². The van der Waals surface area contributed by atoms with Crippen molar-refractivity contribution in [2.45, 2.75) is 13.5 Å². The minimum Gasteiger partial charge on any atom is -0.306 e. The highest BCUT2D eigenvalue weighted by atomic mass is 79.9. The van der Waals surface area contributed by atoms with Crippen molar-refractivity contribution in [3.8, 4) is 0 Å². The number of fused-ring (bicyclic) bond motifs is 2. The van der Waals surface area contributed by atoms with E-state index in [2.05, 4.69) is 20.9 Å². The van der Waals surface area contributed by atoms with E-state index in [1.807, 2.05) is 42.5 Å². The molecule has 3 nitrogen and oxygen atoms in total. The molecule has 0 spiro atoms. The van der Waals surface area contributed by atoms with Crippen molar-refractivity contribution in [3.63, 3.8) is 0 Å². The van der Waals surface area contributed by atoms with Gasteiger partial charge in [0, 0.05) is 17.6 Å². The Balaban J connectivity index is 2.19. The fourth-order valence-electron chi connectivity index (χ4n) is 2.33. The molecule has 4 heteroatoms. The van der Waals surface area contributed by atoms with Crippen LogP contribution in [0.1, 0.15) is 23.7 Å². The van der Waals surface area contributed by atoms with Crippen LogP contribution in [0.2, 0.25) is 0 Å². The summed E-state index contributed by atoms with van der Waals surface area (Å²) < 4.78 is 0.934. The summed E-state index contributed by atoms with van der Waals surface area (Å²) in [7, 11) is 0. The van der Waals surface area contributed by atoms with Crippen LogP contribution in [0, 0.1) is 0 Å². The Morgan fingerprint density at radius 2 is 2.00 bits per heavy atom. The predicted molar refractivity (Wildman–Crippen MR) is 84.2 cm³/mol. The number of para-hydroxylation sites is 1. The van der Waals surface area contributed by atoms with E-state index in [0.29, 0.717) is 6.54 Å². The van der Waals surface area contributed by atoms with E-state index >= 15 is 0 Å². The standard InChI is InChI=1S/C16H13BrN2O/c1-11(20)19-10-15-13(8-14(17)9-18-15)7-6-12-4-2-3-5-16(12)19/h2-9H,10H2,1H3. The largest absolute Gasteiger partial charge is 0.306 e. The average molecular weight is 329 g/mol. The number of carbonyl (C=O) groups excluding carboxylic acids is 1. The predicted octanol–water partition coefficient (Wildman–Crippen LogP) is 3.88. The van der Waals surface area contributed by atoms with E-state index in [1.54, 1.807) is 18.0 Å². The first-order valence-electron chi connectivity index (χ1n) is 6.35. The van der Waals surface area contributed by atoms with Crippen LogP contribution in [0.5, 0.6) is 0 Å². The number of anilines is 1. The fraction of sp³-hybridized carbons (Fsp3) is 0.125. The van der Waals surface area contributed by atoms with Crippen LogP contribution in [-0.2, 0) is 11.3 Å². The number of pyridine rings is 1. The SMILES string of the molecule is CC(=O)N1Cc2ncc(Br)cc2C=Cc2ccccc21. The molecule has 2 heterocycles. The van der Waals surface area contributed by atoms with Crippen molar-refractivity contribution < 1.29 is 4.79 Å². The zero-order valence-corrected chi connectivity index (χ0v) is 12.6. The molecular formula is C16H13BrN2O. The Morgan fingerprint density at radius 1 is 1.25 bits per heavy atom. The van der Waals surface area contributed by atoms with Gasteiger partial charge in [0.05, 0.1) is 17.9 Å². The molecule has 3 rings (SSSR count). The van der Waals surface area contributed by atoms with E-state index in [-0.39, 0.29) is 5.91 Å². The number of hydrogen-bond donors (Lipinski definition) is 0. The average Bonchev–Trinajstić information content (AvgIpc) is 2.42. The molecule has 2 aromatic rings. The molecule has 0 atom stereocenters. The smallest absolute Gasteiger partial charge is 0.224 e. The minimum atomic E-state index is 0.0171. The highest BCUT2D eigenvalue weighted by molar-refractivity contribution is 9.10. The van der Waals surface area contributed by atoms with Gasteiger partial charge in [-0.2, -0.15) is 0 Å². The summed E-state index contributed by atoms with van der Waals surface area (Å²) in [6.45, 7) is 2.07. The van der Waals surface area contributed by atoms with Crippen LogP contribution in [0.25, 0.3) is 12.2 Å². The molecule has 0 unspecified atom stereocenters. The van der Waals surface area contributed by atoms with Gasteiger partial charge < -0.3 is 4.90 Å². The van der Waals surface area contributed by atoms with Crippen molar-refractivity contribution >= 4 is 39.7 Å². The van der Waals surface area contributed by atoms with Gasteiger partial charge in [0.1, 0.15) is 0 Å². The van der Waals surface area contributed by atoms with Crippen LogP contribution in [-0.4, -0.2) is 10.9 Å². The molecule has 1 amide bonds. The lowest BCUT2D eigenvalue weighted by Crippen LogP contribution is -2.29. The van der Waals surface area contributed by atoms with Crippen molar-refractivity contribution in [2.75, 3.05) is 4.90 Å². The van der Waals surface area contributed by atoms with Crippen LogP contribution < -0.4 is 4.90 Å². The maximum Gasteiger partial charge on any atom is 0.224 e. The molecule has 100 valence electrons. The third-order valence-electron chi connectivity index (χ3n) is 3.33. The molecule has 1 aromatic carbocycles. The van der Waals surface area contributed by atoms with E-state index in [4.69, 9.17) is 0 Å². The van der Waals surface area contributed by atoms with Gasteiger partial charge in [0.2, 0.25) is 5.91 Å². The summed E-state index contributed by atoms with van der Waals surface area (Å²) in [5, 5.41) is 0. The second-order valence-electron chi connectivity index (χ2n) is 4.69. The minimum absolute atomic E-state index is 0.0171. The lowest BCUT2D eigenvalue weighted by Gasteiger charge is -2.25. The number of carbonyl (C=O) groups is 1. The number of rotatable bonds is 0. The maximum atomic E-state index is 12.0. The van der Waals surface area contributed by atoms with Gasteiger partial charge in [-0.25, -0.2) is 0 Å². The van der Waals surface area contributed by atoms with Gasteiger partial charge in [-0.15, -0.1) is 0 Å². The number of hydrogen-bond acceptors (Lipinski definition) is 2. The summed E-state index contributed by atoms with van der Waals surface area (Å²) in [4.78, 5) is 18.2. The number of halogens is 1. The van der Waals surface area contributed by atoms with Gasteiger partial charge in [-0.3, -0.25) is 9.78 Å². The first-order chi connectivity index (χ1) is 9.65. The molecule has 0 fully saturated rings. The van der Waals surface area contributed by atoms with Crippen molar-refractivity contribution in [1.82, 2.24) is 4.98 Å². The van der Waals surface area contributed by atoms with Crippen LogP contribution >= 0.6 is 15.9 Å². The third-order valence-corrected chi connectivity index (χ3v) is 3.76. The molecule has 0 saturated heterocycles. The number of aromatic nitrogens is 1. The Morgan fingerprint density at radius 3 is 2.80 bits per heavy atom.